The van der Waals surface area contributed by atoms with Crippen molar-refractivity contribution < 1.29 is 62.6 Å². The van der Waals surface area contributed by atoms with E-state index in [0.29, 0.717) is 0 Å². The SMILES string of the molecule is O=C(O)c1cccnc1.O=P(O)(O)OC1O[C@H](CO)[C@@H](O)[C@H]1OP(=O)(O)O. The molecule has 7 N–H and O–H groups in total. The maximum atomic E-state index is 10.6. The number of ether oxygens (including phenoxy) is 1. The van der Waals surface area contributed by atoms with Crippen molar-refractivity contribution in [3.63, 3.8) is 0 Å². The van der Waals surface area contributed by atoms with Crippen molar-refractivity contribution >= 4 is 21.6 Å². The van der Waals surface area contributed by atoms with Crippen molar-refractivity contribution in [1.82, 2.24) is 4.98 Å². The molecular weight excluding hydrogens is 416 g/mol. The second kappa shape index (κ2) is 9.78. The van der Waals surface area contributed by atoms with Crippen molar-refractivity contribution in [1.29, 1.82) is 0 Å². The van der Waals surface area contributed by atoms with Gasteiger partial charge in [-0.3, -0.25) is 14.0 Å². The third kappa shape index (κ3) is 8.51. The number of carbonyl (C=O) groups is 1. The lowest BCUT2D eigenvalue weighted by Crippen LogP contribution is -2.36. The van der Waals surface area contributed by atoms with E-state index in [0.717, 1.165) is 0 Å². The zero-order chi connectivity index (χ0) is 20.8. The summed E-state index contributed by atoms with van der Waals surface area (Å²) in [5.74, 6) is -0.942. The Bertz CT molecular complexity index is 703. The van der Waals surface area contributed by atoms with Gasteiger partial charge in [-0.05, 0) is 12.1 Å². The van der Waals surface area contributed by atoms with Gasteiger partial charge in [-0.2, -0.15) is 0 Å². The van der Waals surface area contributed by atoms with E-state index in [4.69, 9.17) is 29.8 Å². The molecule has 0 saturated carbocycles. The summed E-state index contributed by atoms with van der Waals surface area (Å²) in [7, 11) is -10.1. The van der Waals surface area contributed by atoms with E-state index in [1.165, 1.54) is 18.5 Å². The summed E-state index contributed by atoms with van der Waals surface area (Å²) in [5.41, 5.74) is 0.220. The lowest BCUT2D eigenvalue weighted by molar-refractivity contribution is -0.124. The summed E-state index contributed by atoms with van der Waals surface area (Å²) >= 11 is 0. The van der Waals surface area contributed by atoms with Crippen LogP contribution in [-0.4, -0.2) is 77.1 Å². The zero-order valence-corrected chi connectivity index (χ0v) is 15.0. The molecule has 16 heteroatoms. The van der Waals surface area contributed by atoms with Gasteiger partial charge in [-0.1, -0.05) is 0 Å². The van der Waals surface area contributed by atoms with Crippen molar-refractivity contribution in [3.8, 4) is 0 Å². The van der Waals surface area contributed by atoms with Gasteiger partial charge in [0.05, 0.1) is 12.2 Å². The molecule has 0 bridgehead atoms. The number of hydrogen-bond acceptors (Lipinski definition) is 9. The molecule has 154 valence electrons. The molecule has 1 aromatic rings. The Hall–Kier alpha value is -1.28. The second-order valence-corrected chi connectivity index (χ2v) is 7.30. The number of phosphoric ester groups is 2. The number of hydrogen-bond donors (Lipinski definition) is 7. The van der Waals surface area contributed by atoms with Crippen LogP contribution in [-0.2, 0) is 22.9 Å². The Labute approximate surface area is 151 Å². The fourth-order valence-electron chi connectivity index (χ4n) is 1.83. The Morgan fingerprint density at radius 2 is 1.78 bits per heavy atom. The van der Waals surface area contributed by atoms with Gasteiger partial charge >= 0.3 is 21.6 Å². The highest BCUT2D eigenvalue weighted by Gasteiger charge is 2.50. The Morgan fingerprint density at radius 3 is 2.15 bits per heavy atom. The number of aromatic carboxylic acids is 1. The lowest BCUT2D eigenvalue weighted by Gasteiger charge is -2.20. The van der Waals surface area contributed by atoms with E-state index < -0.39 is 52.8 Å². The summed E-state index contributed by atoms with van der Waals surface area (Å²) in [4.78, 5) is 48.1. The van der Waals surface area contributed by atoms with Crippen LogP contribution in [0.3, 0.4) is 0 Å². The predicted molar refractivity (Wildman–Crippen MR) is 83.0 cm³/mol. The molecule has 0 amide bonds. The van der Waals surface area contributed by atoms with E-state index in [2.05, 4.69) is 18.8 Å². The number of aromatic nitrogens is 1. The molecule has 4 atom stereocenters. The van der Waals surface area contributed by atoms with Crippen molar-refractivity contribution in [3.05, 3.63) is 30.1 Å². The normalized spacial score (nSPS) is 25.6. The minimum atomic E-state index is -5.05. The summed E-state index contributed by atoms with van der Waals surface area (Å²) in [6.45, 7) is -0.761. The van der Waals surface area contributed by atoms with Crippen LogP contribution in [0.2, 0.25) is 0 Å². The molecule has 27 heavy (non-hydrogen) atoms. The molecule has 1 unspecified atom stereocenters. The first-order valence-corrected chi connectivity index (χ1v) is 9.95. The molecule has 1 aromatic heterocycles. The summed E-state index contributed by atoms with van der Waals surface area (Å²) in [6.07, 6.45) is -4.01. The number of aliphatic hydroxyl groups excluding tert-OH is 2. The van der Waals surface area contributed by atoms with Crippen LogP contribution in [0.5, 0.6) is 0 Å². The third-order valence-corrected chi connectivity index (χ3v) is 3.88. The molecule has 1 saturated heterocycles. The molecule has 14 nitrogen and oxygen atoms in total. The van der Waals surface area contributed by atoms with Crippen LogP contribution < -0.4 is 0 Å². The fraction of sp³-hybridized carbons (Fsp3) is 0.455. The van der Waals surface area contributed by atoms with E-state index >= 15 is 0 Å². The number of aliphatic hydroxyl groups is 2. The number of carboxylic acid groups (broad SMARTS) is 1. The van der Waals surface area contributed by atoms with Crippen LogP contribution >= 0.6 is 15.6 Å². The van der Waals surface area contributed by atoms with Crippen molar-refractivity contribution in [2.45, 2.75) is 24.6 Å². The third-order valence-electron chi connectivity index (χ3n) is 2.88. The van der Waals surface area contributed by atoms with Gasteiger partial charge in [0.25, 0.3) is 0 Å². The summed E-state index contributed by atoms with van der Waals surface area (Å²) in [6, 6.07) is 3.08. The molecule has 2 rings (SSSR count). The fourth-order valence-corrected chi connectivity index (χ4v) is 2.82. The van der Waals surface area contributed by atoms with Gasteiger partial charge in [0.2, 0.25) is 0 Å². The maximum absolute atomic E-state index is 10.6. The van der Waals surface area contributed by atoms with Crippen LogP contribution in [0, 0.1) is 0 Å². The maximum Gasteiger partial charge on any atom is 0.472 e. The highest BCUT2D eigenvalue weighted by atomic mass is 31.2. The molecule has 1 fully saturated rings. The highest BCUT2D eigenvalue weighted by molar-refractivity contribution is 7.46. The molecule has 0 radical (unpaired) electrons. The first kappa shape index (κ1) is 23.8. The lowest BCUT2D eigenvalue weighted by atomic mass is 10.1. The largest absolute Gasteiger partial charge is 0.478 e. The first-order valence-electron chi connectivity index (χ1n) is 6.89. The number of rotatable bonds is 6. The molecule has 0 spiro atoms. The average Bonchev–Trinajstić information content (AvgIpc) is 2.81. The van der Waals surface area contributed by atoms with Crippen LogP contribution in [0.15, 0.2) is 24.5 Å². The molecular formula is C11H17NO13P2. The smallest absolute Gasteiger partial charge is 0.472 e. The molecule has 0 aromatic carbocycles. The first-order chi connectivity index (χ1) is 12.3. The second-order valence-electron chi connectivity index (χ2n) is 4.92. The highest BCUT2D eigenvalue weighted by Crippen LogP contribution is 2.46. The van der Waals surface area contributed by atoms with E-state index in [1.54, 1.807) is 6.07 Å². The quantitative estimate of drug-likeness (QED) is 0.251. The molecule has 2 heterocycles. The van der Waals surface area contributed by atoms with E-state index in [-0.39, 0.29) is 5.56 Å². The minimum Gasteiger partial charge on any atom is -0.478 e. The number of carboxylic acids is 1. The van der Waals surface area contributed by atoms with Gasteiger partial charge < -0.3 is 39.6 Å². The molecule has 1 aliphatic heterocycles. The Morgan fingerprint density at radius 1 is 1.19 bits per heavy atom. The van der Waals surface area contributed by atoms with Crippen LogP contribution in [0.4, 0.5) is 0 Å². The number of phosphoric acid groups is 2. The standard InChI is InChI=1S/C6H5NO2.C5H12O11P2/c8-6(9)5-2-1-3-7-4-5;6-1-2-3(7)4(15-17(8,9)10)5(14-2)16-18(11,12)13/h1-4H,(H,8,9);2-7H,1H2,(H2,8,9,10)(H2,11,12,13)/t;2-,3-,4-,5?/m.1/s1. The van der Waals surface area contributed by atoms with Gasteiger partial charge in [-0.15, -0.1) is 0 Å². The predicted octanol–water partition coefficient (Wildman–Crippen LogP) is -1.57. The molecule has 0 aliphatic carbocycles. The Balaban J connectivity index is 0.000000337. The number of nitrogens with zero attached hydrogens (tertiary/aromatic N) is 1. The number of pyridine rings is 1. The van der Waals surface area contributed by atoms with E-state index in [1.807, 2.05) is 0 Å². The Kier molecular flexibility index (Phi) is 8.60. The van der Waals surface area contributed by atoms with Gasteiger partial charge in [-0.25, -0.2) is 13.9 Å². The minimum absolute atomic E-state index is 0.220. The zero-order valence-electron chi connectivity index (χ0n) is 13.2. The van der Waals surface area contributed by atoms with Crippen LogP contribution in [0.1, 0.15) is 10.4 Å². The van der Waals surface area contributed by atoms with Crippen molar-refractivity contribution in [2.75, 3.05) is 6.61 Å². The average molecular weight is 433 g/mol. The molecule has 1 aliphatic rings. The summed E-state index contributed by atoms with van der Waals surface area (Å²) < 4.78 is 34.1. The topological polar surface area (TPSA) is 233 Å². The summed E-state index contributed by atoms with van der Waals surface area (Å²) in [5, 5.41) is 26.6. The van der Waals surface area contributed by atoms with Gasteiger partial charge in [0.15, 0.2) is 6.29 Å². The van der Waals surface area contributed by atoms with Crippen LogP contribution in [0.25, 0.3) is 0 Å². The van der Waals surface area contributed by atoms with Gasteiger partial charge in [0.1, 0.15) is 18.3 Å². The van der Waals surface area contributed by atoms with E-state index in [9.17, 15) is 19.0 Å². The van der Waals surface area contributed by atoms with Crippen molar-refractivity contribution in [2.24, 2.45) is 0 Å². The monoisotopic (exact) mass is 433 g/mol. The van der Waals surface area contributed by atoms with Gasteiger partial charge in [0, 0.05) is 12.4 Å².